The molecule has 3 nitrogen and oxygen atoms in total. The molecule has 1 atom stereocenters. The Hall–Kier alpha value is -1.06. The molecule has 1 saturated heterocycles. The molecule has 0 radical (unpaired) electrons. The molecule has 0 aliphatic carbocycles. The van der Waals surface area contributed by atoms with E-state index in [0.29, 0.717) is 5.02 Å². The van der Waals surface area contributed by atoms with Crippen molar-refractivity contribution in [1.82, 2.24) is 5.32 Å². The summed E-state index contributed by atoms with van der Waals surface area (Å²) >= 11 is 5.98. The van der Waals surface area contributed by atoms with Crippen molar-refractivity contribution in [3.63, 3.8) is 0 Å². The van der Waals surface area contributed by atoms with Gasteiger partial charge in [0.05, 0.1) is 6.04 Å². The number of hydrogen-bond acceptors (Lipinski definition) is 2. The number of nitrogens with zero attached hydrogens (tertiary/aromatic N) is 1. The first-order valence-corrected chi connectivity index (χ1v) is 6.90. The van der Waals surface area contributed by atoms with Gasteiger partial charge in [-0.2, -0.15) is 0 Å². The topological polar surface area (TPSA) is 32.3 Å². The lowest BCUT2D eigenvalue weighted by Crippen LogP contribution is -2.51. The molecule has 0 bridgehead atoms. The van der Waals surface area contributed by atoms with E-state index in [1.54, 1.807) is 0 Å². The number of rotatable bonds is 4. The van der Waals surface area contributed by atoms with Crippen LogP contribution in [0, 0.1) is 0 Å². The van der Waals surface area contributed by atoms with Crippen LogP contribution in [0.1, 0.15) is 26.2 Å². The molecule has 1 heterocycles. The molecule has 1 aliphatic rings. The minimum Gasteiger partial charge on any atom is -0.311 e. The van der Waals surface area contributed by atoms with Gasteiger partial charge in [-0.1, -0.05) is 24.6 Å². The second kappa shape index (κ2) is 6.21. The van der Waals surface area contributed by atoms with E-state index in [2.05, 4.69) is 12.2 Å². The van der Waals surface area contributed by atoms with Crippen molar-refractivity contribution in [2.75, 3.05) is 18.0 Å². The van der Waals surface area contributed by atoms with Gasteiger partial charge < -0.3 is 10.2 Å². The number of halogens is 1. The van der Waals surface area contributed by atoms with Crippen LogP contribution in [-0.4, -0.2) is 25.0 Å². The predicted molar refractivity (Wildman–Crippen MR) is 75.1 cm³/mol. The van der Waals surface area contributed by atoms with E-state index >= 15 is 0 Å². The summed E-state index contributed by atoms with van der Waals surface area (Å²) in [5.41, 5.74) is 0.899. The monoisotopic (exact) mass is 266 g/mol. The predicted octanol–water partition coefficient (Wildman–Crippen LogP) is 2.84. The number of nitrogens with one attached hydrogen (secondary N) is 1. The molecule has 1 aliphatic heterocycles. The van der Waals surface area contributed by atoms with Crippen LogP contribution in [0.5, 0.6) is 0 Å². The van der Waals surface area contributed by atoms with E-state index in [0.717, 1.165) is 38.0 Å². The third-order valence-corrected chi connectivity index (χ3v) is 3.43. The lowest BCUT2D eigenvalue weighted by Gasteiger charge is -2.32. The number of piperidine rings is 1. The van der Waals surface area contributed by atoms with Crippen LogP contribution in [0.2, 0.25) is 5.02 Å². The first-order chi connectivity index (χ1) is 8.72. The number of hydrogen-bond donors (Lipinski definition) is 1. The lowest BCUT2D eigenvalue weighted by atomic mass is 10.0. The Morgan fingerprint density at radius 1 is 1.50 bits per heavy atom. The Balaban J connectivity index is 2.11. The van der Waals surface area contributed by atoms with Crippen LogP contribution in [0.25, 0.3) is 0 Å². The number of benzene rings is 1. The summed E-state index contributed by atoms with van der Waals surface area (Å²) in [6.07, 6.45) is 3.00. The molecule has 98 valence electrons. The molecule has 18 heavy (non-hydrogen) atoms. The van der Waals surface area contributed by atoms with Crippen molar-refractivity contribution in [3.8, 4) is 0 Å². The van der Waals surface area contributed by atoms with Gasteiger partial charge in [-0.3, -0.25) is 4.79 Å². The van der Waals surface area contributed by atoms with Gasteiger partial charge in [-0.15, -0.1) is 0 Å². The summed E-state index contributed by atoms with van der Waals surface area (Å²) in [4.78, 5) is 14.2. The molecule has 1 aromatic rings. The number of carbonyl (C=O) groups is 1. The normalized spacial score (nSPS) is 20.2. The van der Waals surface area contributed by atoms with E-state index in [4.69, 9.17) is 11.6 Å². The average molecular weight is 267 g/mol. The zero-order valence-corrected chi connectivity index (χ0v) is 11.4. The minimum atomic E-state index is -0.0438. The Bertz CT molecular complexity index is 422. The summed E-state index contributed by atoms with van der Waals surface area (Å²) in [5, 5.41) is 3.98. The third kappa shape index (κ3) is 3.03. The molecular formula is C14H19ClN2O. The summed E-state index contributed by atoms with van der Waals surface area (Å²) < 4.78 is 0. The molecule has 1 aromatic carbocycles. The maximum atomic E-state index is 12.4. The van der Waals surface area contributed by atoms with Crippen LogP contribution >= 0.6 is 11.6 Å². The van der Waals surface area contributed by atoms with Crippen molar-refractivity contribution < 1.29 is 4.79 Å². The molecule has 0 aromatic heterocycles. The Morgan fingerprint density at radius 2 is 2.33 bits per heavy atom. The van der Waals surface area contributed by atoms with Crippen molar-refractivity contribution in [1.29, 1.82) is 0 Å². The number of anilines is 1. The van der Waals surface area contributed by atoms with Gasteiger partial charge in [0, 0.05) is 17.3 Å². The highest BCUT2D eigenvalue weighted by molar-refractivity contribution is 6.30. The number of amides is 1. The van der Waals surface area contributed by atoms with Crippen LogP contribution in [0.4, 0.5) is 5.69 Å². The van der Waals surface area contributed by atoms with Crippen molar-refractivity contribution in [2.24, 2.45) is 0 Å². The Kier molecular flexibility index (Phi) is 4.61. The van der Waals surface area contributed by atoms with E-state index in [9.17, 15) is 4.79 Å². The quantitative estimate of drug-likeness (QED) is 0.909. The zero-order chi connectivity index (χ0) is 13.0. The Labute approximate surface area is 113 Å². The highest BCUT2D eigenvalue weighted by Crippen LogP contribution is 2.23. The van der Waals surface area contributed by atoms with E-state index < -0.39 is 0 Å². The summed E-state index contributed by atoms with van der Waals surface area (Å²) in [7, 11) is 0. The van der Waals surface area contributed by atoms with Gasteiger partial charge in [0.25, 0.3) is 0 Å². The first-order valence-electron chi connectivity index (χ1n) is 6.52. The van der Waals surface area contributed by atoms with Crippen LogP contribution in [0.3, 0.4) is 0 Å². The van der Waals surface area contributed by atoms with Gasteiger partial charge >= 0.3 is 0 Å². The smallest absolute Gasteiger partial charge is 0.244 e. The van der Waals surface area contributed by atoms with Crippen molar-refractivity contribution in [2.45, 2.75) is 32.2 Å². The number of carbonyl (C=O) groups excluding carboxylic acids is 1. The maximum absolute atomic E-state index is 12.4. The molecule has 1 amide bonds. The minimum absolute atomic E-state index is 0.0438. The van der Waals surface area contributed by atoms with E-state index in [1.807, 2.05) is 29.2 Å². The largest absolute Gasteiger partial charge is 0.311 e. The van der Waals surface area contributed by atoms with Crippen molar-refractivity contribution >= 4 is 23.2 Å². The molecular weight excluding hydrogens is 248 g/mol. The zero-order valence-electron chi connectivity index (χ0n) is 10.7. The fraction of sp³-hybridized carbons (Fsp3) is 0.500. The van der Waals surface area contributed by atoms with Gasteiger partial charge in [-0.25, -0.2) is 0 Å². The van der Waals surface area contributed by atoms with Gasteiger partial charge in [-0.05, 0) is 44.0 Å². The molecule has 1 fully saturated rings. The van der Waals surface area contributed by atoms with E-state index in [1.165, 1.54) is 0 Å². The average Bonchev–Trinajstić information content (AvgIpc) is 2.37. The molecule has 0 spiro atoms. The Morgan fingerprint density at radius 3 is 3.06 bits per heavy atom. The first kappa shape index (κ1) is 13.4. The standard InChI is InChI=1S/C14H19ClN2O/c1-2-8-16-13-7-4-9-17(14(13)18)12-6-3-5-11(15)10-12/h3,5-6,10,13,16H,2,4,7-9H2,1H3. The lowest BCUT2D eigenvalue weighted by molar-refractivity contribution is -0.121. The molecule has 1 unspecified atom stereocenters. The van der Waals surface area contributed by atoms with Gasteiger partial charge in [0.2, 0.25) is 5.91 Å². The summed E-state index contributed by atoms with van der Waals surface area (Å²) in [6.45, 7) is 3.78. The highest BCUT2D eigenvalue weighted by Gasteiger charge is 2.28. The maximum Gasteiger partial charge on any atom is 0.244 e. The highest BCUT2D eigenvalue weighted by atomic mass is 35.5. The molecule has 1 N–H and O–H groups in total. The molecule has 4 heteroatoms. The summed E-state index contributed by atoms with van der Waals surface area (Å²) in [6, 6.07) is 7.45. The van der Waals surface area contributed by atoms with Gasteiger partial charge in [0.1, 0.15) is 0 Å². The summed E-state index contributed by atoms with van der Waals surface area (Å²) in [5.74, 6) is 0.164. The fourth-order valence-electron chi connectivity index (χ4n) is 2.28. The van der Waals surface area contributed by atoms with Crippen molar-refractivity contribution in [3.05, 3.63) is 29.3 Å². The van der Waals surface area contributed by atoms with Gasteiger partial charge in [0.15, 0.2) is 0 Å². The molecule has 2 rings (SSSR count). The second-order valence-corrected chi connectivity index (χ2v) is 5.06. The van der Waals surface area contributed by atoms with Crippen LogP contribution in [-0.2, 0) is 4.79 Å². The third-order valence-electron chi connectivity index (χ3n) is 3.20. The van der Waals surface area contributed by atoms with Crippen LogP contribution in [0.15, 0.2) is 24.3 Å². The molecule has 0 saturated carbocycles. The fourth-order valence-corrected chi connectivity index (χ4v) is 2.47. The van der Waals surface area contributed by atoms with Crippen LogP contribution < -0.4 is 10.2 Å². The van der Waals surface area contributed by atoms with E-state index in [-0.39, 0.29) is 11.9 Å². The second-order valence-electron chi connectivity index (χ2n) is 4.62. The SMILES string of the molecule is CCCNC1CCCN(c2cccc(Cl)c2)C1=O.